The van der Waals surface area contributed by atoms with Gasteiger partial charge in [0.2, 0.25) is 0 Å². The summed E-state index contributed by atoms with van der Waals surface area (Å²) < 4.78 is 5.93. The van der Waals surface area contributed by atoms with E-state index in [2.05, 4.69) is 25.1 Å². The van der Waals surface area contributed by atoms with Crippen LogP contribution in [0.2, 0.25) is 0 Å². The van der Waals surface area contributed by atoms with Gasteiger partial charge in [0.1, 0.15) is 5.75 Å². The van der Waals surface area contributed by atoms with Crippen LogP contribution >= 0.6 is 0 Å². The molecule has 2 heteroatoms. The average Bonchev–Trinajstić information content (AvgIpc) is 2.47. The highest BCUT2D eigenvalue weighted by molar-refractivity contribution is 5.46. The lowest BCUT2D eigenvalue weighted by molar-refractivity contribution is 0.236. The molecule has 0 heterocycles. The largest absolute Gasteiger partial charge is 0.491 e. The Hall–Kier alpha value is -1.80. The molecule has 2 nitrogen and oxygen atoms in total. The summed E-state index contributed by atoms with van der Waals surface area (Å²) in [5.74, 6) is 0.871. The van der Waals surface area contributed by atoms with Crippen LogP contribution in [-0.4, -0.2) is 6.10 Å². The number of rotatable bonds is 5. The second-order valence-electron chi connectivity index (χ2n) is 5.35. The van der Waals surface area contributed by atoms with E-state index in [1.165, 1.54) is 0 Å². The molecule has 0 fully saturated rings. The van der Waals surface area contributed by atoms with Gasteiger partial charge in [0.05, 0.1) is 11.6 Å². The topological polar surface area (TPSA) is 35.2 Å². The summed E-state index contributed by atoms with van der Waals surface area (Å²) in [6, 6.07) is 18.3. The predicted molar refractivity (Wildman–Crippen MR) is 83.9 cm³/mol. The third-order valence-electron chi connectivity index (χ3n) is 3.58. The van der Waals surface area contributed by atoms with Gasteiger partial charge in [0.25, 0.3) is 0 Å². The molecular formula is C18H23NO. The van der Waals surface area contributed by atoms with E-state index in [4.69, 9.17) is 10.5 Å². The molecule has 0 saturated carbocycles. The van der Waals surface area contributed by atoms with E-state index in [1.807, 2.05) is 50.2 Å². The first-order valence-corrected chi connectivity index (χ1v) is 7.18. The maximum Gasteiger partial charge on any atom is 0.125 e. The molecule has 0 bridgehead atoms. The lowest BCUT2D eigenvalue weighted by Gasteiger charge is -2.31. The zero-order chi connectivity index (χ0) is 14.6. The minimum Gasteiger partial charge on any atom is -0.491 e. The molecule has 20 heavy (non-hydrogen) atoms. The summed E-state index contributed by atoms with van der Waals surface area (Å²) in [4.78, 5) is 0. The van der Waals surface area contributed by atoms with Gasteiger partial charge in [-0.25, -0.2) is 0 Å². The van der Waals surface area contributed by atoms with E-state index in [9.17, 15) is 0 Å². The molecule has 0 aliphatic rings. The Morgan fingerprint density at radius 2 is 1.60 bits per heavy atom. The summed E-state index contributed by atoms with van der Waals surface area (Å²) in [6.45, 7) is 6.17. The van der Waals surface area contributed by atoms with Gasteiger partial charge in [-0.1, -0.05) is 55.5 Å². The summed E-state index contributed by atoms with van der Waals surface area (Å²) in [6.07, 6.45) is 0.947. The van der Waals surface area contributed by atoms with Crippen LogP contribution in [0.3, 0.4) is 0 Å². The number of benzene rings is 2. The van der Waals surface area contributed by atoms with Crippen LogP contribution < -0.4 is 10.5 Å². The summed E-state index contributed by atoms with van der Waals surface area (Å²) in [5.41, 5.74) is 8.37. The minimum atomic E-state index is -0.521. The number of hydrogen-bond acceptors (Lipinski definition) is 2. The van der Waals surface area contributed by atoms with Crippen molar-refractivity contribution in [2.75, 3.05) is 0 Å². The van der Waals surface area contributed by atoms with E-state index in [1.54, 1.807) is 0 Å². The van der Waals surface area contributed by atoms with Crippen LogP contribution in [0.15, 0.2) is 54.6 Å². The molecule has 0 aliphatic carbocycles. The second-order valence-corrected chi connectivity index (χ2v) is 5.35. The molecule has 106 valence electrons. The van der Waals surface area contributed by atoms with Crippen molar-refractivity contribution in [3.05, 3.63) is 65.7 Å². The van der Waals surface area contributed by atoms with Crippen molar-refractivity contribution in [1.29, 1.82) is 0 Å². The van der Waals surface area contributed by atoms with Crippen LogP contribution in [0.25, 0.3) is 0 Å². The van der Waals surface area contributed by atoms with Gasteiger partial charge in [-0.15, -0.1) is 0 Å². The molecule has 0 aliphatic heterocycles. The van der Waals surface area contributed by atoms with Gasteiger partial charge in [-0.2, -0.15) is 0 Å². The summed E-state index contributed by atoms with van der Waals surface area (Å²) in [7, 11) is 0. The maximum atomic E-state index is 6.74. The molecule has 0 amide bonds. The zero-order valence-electron chi connectivity index (χ0n) is 12.5. The number of para-hydroxylation sites is 1. The van der Waals surface area contributed by atoms with Crippen molar-refractivity contribution in [2.45, 2.75) is 38.8 Å². The molecule has 0 radical (unpaired) electrons. The molecule has 0 saturated heterocycles. The third kappa shape index (κ3) is 2.86. The number of ether oxygens (including phenoxy) is 1. The Kier molecular flexibility index (Phi) is 4.46. The Morgan fingerprint density at radius 3 is 2.20 bits per heavy atom. The van der Waals surface area contributed by atoms with Gasteiger partial charge in [-0.3, -0.25) is 0 Å². The minimum absolute atomic E-state index is 0.132. The molecule has 1 atom stereocenters. The van der Waals surface area contributed by atoms with Gasteiger partial charge in [0, 0.05) is 5.56 Å². The van der Waals surface area contributed by atoms with Crippen LogP contribution in [0.5, 0.6) is 5.75 Å². The summed E-state index contributed by atoms with van der Waals surface area (Å²) >= 11 is 0. The molecule has 0 spiro atoms. The zero-order valence-corrected chi connectivity index (χ0v) is 12.5. The molecule has 1 unspecified atom stereocenters. The monoisotopic (exact) mass is 269 g/mol. The first kappa shape index (κ1) is 14.6. The molecule has 2 N–H and O–H groups in total. The quantitative estimate of drug-likeness (QED) is 0.887. The fourth-order valence-corrected chi connectivity index (χ4v) is 2.48. The average molecular weight is 269 g/mol. The molecule has 0 aromatic heterocycles. The summed E-state index contributed by atoms with van der Waals surface area (Å²) in [5, 5.41) is 0. The molecule has 2 aromatic rings. The van der Waals surface area contributed by atoms with E-state index in [-0.39, 0.29) is 6.10 Å². The van der Waals surface area contributed by atoms with E-state index >= 15 is 0 Å². The van der Waals surface area contributed by atoms with Crippen molar-refractivity contribution in [2.24, 2.45) is 5.73 Å². The van der Waals surface area contributed by atoms with Crippen molar-refractivity contribution in [1.82, 2.24) is 0 Å². The fourth-order valence-electron chi connectivity index (χ4n) is 2.48. The number of nitrogens with two attached hydrogens (primary N) is 1. The first-order valence-electron chi connectivity index (χ1n) is 7.18. The van der Waals surface area contributed by atoms with Crippen LogP contribution in [-0.2, 0) is 5.54 Å². The molecular weight excluding hydrogens is 246 g/mol. The lowest BCUT2D eigenvalue weighted by atomic mass is 9.81. The van der Waals surface area contributed by atoms with Gasteiger partial charge >= 0.3 is 0 Å². The highest BCUT2D eigenvalue weighted by Gasteiger charge is 2.30. The number of hydrogen-bond donors (Lipinski definition) is 1. The van der Waals surface area contributed by atoms with Gasteiger partial charge < -0.3 is 10.5 Å². The first-order chi connectivity index (χ1) is 9.58. The van der Waals surface area contributed by atoms with Crippen molar-refractivity contribution in [3.8, 4) is 5.75 Å². The Labute approximate surface area is 121 Å². The SMILES string of the molecule is CCC(N)(c1ccccc1)c1ccccc1OC(C)C. The second kappa shape index (κ2) is 6.10. The van der Waals surface area contributed by atoms with E-state index in [0.717, 1.165) is 23.3 Å². The third-order valence-corrected chi connectivity index (χ3v) is 3.58. The van der Waals surface area contributed by atoms with Crippen LogP contribution in [0, 0.1) is 0 Å². The highest BCUT2D eigenvalue weighted by Crippen LogP contribution is 2.36. The lowest BCUT2D eigenvalue weighted by Crippen LogP contribution is -2.37. The Balaban J connectivity index is 2.52. The highest BCUT2D eigenvalue weighted by atomic mass is 16.5. The van der Waals surface area contributed by atoms with Crippen LogP contribution in [0.1, 0.15) is 38.3 Å². The van der Waals surface area contributed by atoms with Gasteiger partial charge in [0.15, 0.2) is 0 Å². The Bertz CT molecular complexity index is 550. The predicted octanol–water partition coefficient (Wildman–Crippen LogP) is 4.09. The standard InChI is InChI=1S/C18H23NO/c1-4-18(19,15-10-6-5-7-11-15)16-12-8-9-13-17(16)20-14(2)3/h5-14H,4,19H2,1-3H3. The van der Waals surface area contributed by atoms with Crippen molar-refractivity contribution < 1.29 is 4.74 Å². The van der Waals surface area contributed by atoms with Crippen LogP contribution in [0.4, 0.5) is 0 Å². The molecule has 2 rings (SSSR count). The van der Waals surface area contributed by atoms with Gasteiger partial charge in [-0.05, 0) is 31.9 Å². The fraction of sp³-hybridized carbons (Fsp3) is 0.333. The molecule has 2 aromatic carbocycles. The smallest absolute Gasteiger partial charge is 0.125 e. The van der Waals surface area contributed by atoms with Crippen molar-refractivity contribution >= 4 is 0 Å². The van der Waals surface area contributed by atoms with E-state index < -0.39 is 5.54 Å². The Morgan fingerprint density at radius 1 is 1.00 bits per heavy atom. The van der Waals surface area contributed by atoms with Crippen molar-refractivity contribution in [3.63, 3.8) is 0 Å². The van der Waals surface area contributed by atoms with E-state index in [0.29, 0.717) is 0 Å². The maximum absolute atomic E-state index is 6.74. The normalized spacial score (nSPS) is 14.1.